The fourth-order valence-corrected chi connectivity index (χ4v) is 4.48. The molecule has 1 aliphatic heterocycles. The summed E-state index contributed by atoms with van der Waals surface area (Å²) in [6, 6.07) is 10.2. The lowest BCUT2D eigenvalue weighted by Gasteiger charge is -2.17. The topological polar surface area (TPSA) is 130 Å². The van der Waals surface area contributed by atoms with Gasteiger partial charge >= 0.3 is 5.69 Å². The number of rotatable bonds is 10. The van der Waals surface area contributed by atoms with E-state index in [-0.39, 0.29) is 42.4 Å². The van der Waals surface area contributed by atoms with E-state index >= 15 is 0 Å². The largest absolute Gasteiger partial charge is 0.493 e. The number of carbonyl (C=O) groups excluding carboxylic acids is 2. The number of aromatic nitrogens is 2. The van der Waals surface area contributed by atoms with Crippen molar-refractivity contribution in [1.29, 1.82) is 0 Å². The smallest absolute Gasteiger partial charge is 0.331 e. The number of hydrogen-bond acceptors (Lipinski definition) is 7. The van der Waals surface area contributed by atoms with Crippen molar-refractivity contribution in [2.75, 3.05) is 32.7 Å². The molecule has 11 heteroatoms. The van der Waals surface area contributed by atoms with Gasteiger partial charge in [0.25, 0.3) is 5.56 Å². The van der Waals surface area contributed by atoms with E-state index in [0.717, 1.165) is 23.0 Å². The average Bonchev–Trinajstić information content (AvgIpc) is 3.44. The number of nitrogens with zero attached hydrogens (tertiary/aromatic N) is 2. The molecule has 11 nitrogen and oxygen atoms in total. The molecule has 2 N–H and O–H groups in total. The Balaban J connectivity index is 1.67. The first-order valence-corrected chi connectivity index (χ1v) is 12.5. The molecule has 202 valence electrons. The molecule has 38 heavy (non-hydrogen) atoms. The lowest BCUT2D eigenvalue weighted by molar-refractivity contribution is -0.122. The molecule has 0 unspecified atom stereocenters. The summed E-state index contributed by atoms with van der Waals surface area (Å²) in [4.78, 5) is 52.3. The predicted octanol–water partition coefficient (Wildman–Crippen LogP) is 1.81. The Morgan fingerprint density at radius 2 is 1.79 bits per heavy atom. The Labute approximate surface area is 219 Å². The Hall–Kier alpha value is -4.12. The maximum absolute atomic E-state index is 13.5. The molecule has 3 aromatic rings. The quantitative estimate of drug-likeness (QED) is 0.414. The number of aryl methyl sites for hydroxylation is 1. The Morgan fingerprint density at radius 1 is 1.05 bits per heavy atom. The lowest BCUT2D eigenvalue weighted by atomic mass is 10.2. The highest BCUT2D eigenvalue weighted by Gasteiger charge is 2.20. The molecule has 2 heterocycles. The van der Waals surface area contributed by atoms with Crippen molar-refractivity contribution in [1.82, 2.24) is 14.5 Å². The first-order chi connectivity index (χ1) is 18.3. The van der Waals surface area contributed by atoms with Crippen LogP contribution in [0.3, 0.4) is 0 Å². The third-order valence-electron chi connectivity index (χ3n) is 6.56. The van der Waals surface area contributed by atoms with Gasteiger partial charge in [-0.3, -0.25) is 23.5 Å². The zero-order valence-electron chi connectivity index (χ0n) is 21.7. The van der Waals surface area contributed by atoms with Gasteiger partial charge in [-0.1, -0.05) is 18.2 Å². The van der Waals surface area contributed by atoms with Crippen LogP contribution in [0.1, 0.15) is 24.8 Å². The van der Waals surface area contributed by atoms with Crippen molar-refractivity contribution >= 4 is 28.4 Å². The third kappa shape index (κ3) is 5.88. The lowest BCUT2D eigenvalue weighted by Crippen LogP contribution is -2.43. The maximum atomic E-state index is 13.5. The fraction of sp³-hybridized carbons (Fsp3) is 0.407. The summed E-state index contributed by atoms with van der Waals surface area (Å²) in [6.45, 7) is 2.41. The molecular formula is C27H32N4O7. The summed E-state index contributed by atoms with van der Waals surface area (Å²) < 4.78 is 18.4. The van der Waals surface area contributed by atoms with Crippen molar-refractivity contribution in [2.24, 2.45) is 0 Å². The number of carbonyl (C=O) groups is 2. The van der Waals surface area contributed by atoms with Gasteiger partial charge in [-0.05, 0) is 37.5 Å². The van der Waals surface area contributed by atoms with E-state index in [4.69, 9.17) is 14.2 Å². The van der Waals surface area contributed by atoms with Crippen molar-refractivity contribution in [3.05, 3.63) is 62.8 Å². The van der Waals surface area contributed by atoms with Crippen molar-refractivity contribution in [2.45, 2.75) is 45.4 Å². The normalized spacial score (nSPS) is 14.9. The van der Waals surface area contributed by atoms with Crippen molar-refractivity contribution < 1.29 is 23.8 Å². The maximum Gasteiger partial charge on any atom is 0.331 e. The second-order valence-electron chi connectivity index (χ2n) is 9.10. The molecule has 1 saturated heterocycles. The summed E-state index contributed by atoms with van der Waals surface area (Å²) in [5.41, 5.74) is 0.403. The van der Waals surface area contributed by atoms with Gasteiger partial charge in [0.05, 0.1) is 31.2 Å². The number of fused-ring (bicyclic) bond motifs is 1. The summed E-state index contributed by atoms with van der Waals surface area (Å²) in [6.07, 6.45) is 1.73. The zero-order chi connectivity index (χ0) is 27.2. The van der Waals surface area contributed by atoms with Gasteiger partial charge < -0.3 is 24.8 Å². The van der Waals surface area contributed by atoms with Gasteiger partial charge in [-0.2, -0.15) is 0 Å². The van der Waals surface area contributed by atoms with Crippen LogP contribution in [0.5, 0.6) is 11.5 Å². The van der Waals surface area contributed by atoms with Crippen LogP contribution >= 0.6 is 0 Å². The first kappa shape index (κ1) is 26.9. The van der Waals surface area contributed by atoms with E-state index in [0.29, 0.717) is 30.3 Å². The summed E-state index contributed by atoms with van der Waals surface area (Å²) in [5, 5.41) is 5.76. The van der Waals surface area contributed by atoms with Gasteiger partial charge in [0.1, 0.15) is 6.54 Å². The number of ether oxygens (including phenoxy) is 3. The van der Waals surface area contributed by atoms with Crippen LogP contribution < -0.4 is 31.4 Å². The number of methoxy groups -OCH3 is 2. The Bertz CT molecular complexity index is 1450. The molecule has 0 radical (unpaired) electrons. The predicted molar refractivity (Wildman–Crippen MR) is 142 cm³/mol. The minimum atomic E-state index is -0.707. The molecule has 1 aliphatic rings. The molecule has 2 aromatic carbocycles. The van der Waals surface area contributed by atoms with Crippen molar-refractivity contribution in [3.63, 3.8) is 0 Å². The monoisotopic (exact) mass is 524 g/mol. The van der Waals surface area contributed by atoms with E-state index in [1.54, 1.807) is 12.1 Å². The molecule has 0 spiro atoms. The molecule has 0 bridgehead atoms. The standard InChI is InChI=1S/C27H32N4O7/c1-17-7-4-5-9-20(17)29-25(33)16-31-21-14-23(37-3)22(36-2)13-19(21)26(34)30(27(31)35)11-10-24(32)28-15-18-8-6-12-38-18/h4-5,7,9,13-14,18H,6,8,10-12,15-16H2,1-3H3,(H,28,32)(H,29,33)/t18-/m1/s1. The van der Waals surface area contributed by atoms with Gasteiger partial charge in [0, 0.05) is 37.9 Å². The van der Waals surface area contributed by atoms with E-state index in [2.05, 4.69) is 10.6 Å². The van der Waals surface area contributed by atoms with Crippen LogP contribution in [-0.2, 0) is 27.4 Å². The van der Waals surface area contributed by atoms with Crippen LogP contribution in [0.2, 0.25) is 0 Å². The number of nitrogens with one attached hydrogen (secondary N) is 2. The SMILES string of the molecule is COc1cc2c(=O)n(CCC(=O)NC[C@H]3CCCO3)c(=O)n(CC(=O)Nc3ccccc3C)c2cc1OC. The van der Waals surface area contributed by atoms with Crippen LogP contribution in [-0.4, -0.2) is 54.4 Å². The van der Waals surface area contributed by atoms with Crippen molar-refractivity contribution in [3.8, 4) is 11.5 Å². The molecule has 4 rings (SSSR count). The minimum Gasteiger partial charge on any atom is -0.493 e. The molecular weight excluding hydrogens is 492 g/mol. The van der Waals surface area contributed by atoms with Gasteiger partial charge in [0.2, 0.25) is 11.8 Å². The highest BCUT2D eigenvalue weighted by Crippen LogP contribution is 2.30. The molecule has 0 aliphatic carbocycles. The molecule has 1 fully saturated rings. The zero-order valence-corrected chi connectivity index (χ0v) is 21.7. The van der Waals surface area contributed by atoms with Gasteiger partial charge in [-0.15, -0.1) is 0 Å². The van der Waals surface area contributed by atoms with Crippen LogP contribution in [0.4, 0.5) is 5.69 Å². The van der Waals surface area contributed by atoms with Gasteiger partial charge in [0.15, 0.2) is 11.5 Å². The molecule has 1 aromatic heterocycles. The number of para-hydroxylation sites is 1. The minimum absolute atomic E-state index is 0.0197. The van der Waals surface area contributed by atoms with E-state index in [1.165, 1.54) is 30.9 Å². The second kappa shape index (κ2) is 12.0. The average molecular weight is 525 g/mol. The van der Waals surface area contributed by atoms with Crippen LogP contribution in [0, 0.1) is 6.92 Å². The van der Waals surface area contributed by atoms with Crippen LogP contribution in [0.25, 0.3) is 10.9 Å². The van der Waals surface area contributed by atoms with E-state index in [9.17, 15) is 19.2 Å². The first-order valence-electron chi connectivity index (χ1n) is 12.5. The molecule has 2 amide bonds. The third-order valence-corrected chi connectivity index (χ3v) is 6.56. The second-order valence-corrected chi connectivity index (χ2v) is 9.10. The number of benzene rings is 2. The van der Waals surface area contributed by atoms with E-state index in [1.807, 2.05) is 19.1 Å². The van der Waals surface area contributed by atoms with E-state index < -0.39 is 17.2 Å². The summed E-state index contributed by atoms with van der Waals surface area (Å²) >= 11 is 0. The number of anilines is 1. The molecule has 0 saturated carbocycles. The Morgan fingerprint density at radius 3 is 2.47 bits per heavy atom. The molecule has 1 atom stereocenters. The highest BCUT2D eigenvalue weighted by molar-refractivity contribution is 5.92. The van der Waals surface area contributed by atoms with Gasteiger partial charge in [-0.25, -0.2) is 4.79 Å². The fourth-order valence-electron chi connectivity index (χ4n) is 4.48. The number of amides is 2. The van der Waals surface area contributed by atoms with Crippen LogP contribution in [0.15, 0.2) is 46.0 Å². The Kier molecular flexibility index (Phi) is 8.47. The summed E-state index contributed by atoms with van der Waals surface area (Å²) in [7, 11) is 2.87. The number of hydrogen-bond donors (Lipinski definition) is 2. The summed E-state index contributed by atoms with van der Waals surface area (Å²) in [5.74, 6) is -0.148. The highest BCUT2D eigenvalue weighted by atomic mass is 16.5.